The molecule has 1 aromatic heterocycles. The van der Waals surface area contributed by atoms with E-state index >= 15 is 0 Å². The quantitative estimate of drug-likeness (QED) is 0.519. The SMILES string of the molecule is CCOC(=O)c1cc2cc(CC(C)C)cc([N+](=O)[O-])c2[nH]1. The van der Waals surface area contributed by atoms with Crippen LogP contribution >= 0.6 is 0 Å². The summed E-state index contributed by atoms with van der Waals surface area (Å²) in [4.78, 5) is 25.3. The van der Waals surface area contributed by atoms with Crippen molar-refractivity contribution >= 4 is 22.6 Å². The third-order valence-electron chi connectivity index (χ3n) is 3.10. The molecule has 0 spiro atoms. The number of nitrogens with one attached hydrogen (secondary N) is 1. The van der Waals surface area contributed by atoms with Gasteiger partial charge in [-0.3, -0.25) is 10.1 Å². The monoisotopic (exact) mass is 290 g/mol. The standard InChI is InChI=1S/C15H18N2O4/c1-4-21-15(18)12-8-11-6-10(5-9(2)3)7-13(17(19)20)14(11)16-12/h6-9,16H,4-5H2,1-3H3. The van der Waals surface area contributed by atoms with Crippen LogP contribution in [0.1, 0.15) is 36.8 Å². The highest BCUT2D eigenvalue weighted by molar-refractivity contribution is 5.98. The number of H-pyrrole nitrogens is 1. The molecule has 0 fully saturated rings. The Kier molecular flexibility index (Phi) is 4.26. The molecule has 1 heterocycles. The Bertz CT molecular complexity index is 688. The van der Waals surface area contributed by atoms with Gasteiger partial charge in [0.1, 0.15) is 11.2 Å². The van der Waals surface area contributed by atoms with Gasteiger partial charge in [0.25, 0.3) is 5.69 Å². The number of carbonyl (C=O) groups is 1. The summed E-state index contributed by atoms with van der Waals surface area (Å²) < 4.78 is 4.91. The van der Waals surface area contributed by atoms with Gasteiger partial charge in [-0.2, -0.15) is 0 Å². The predicted octanol–water partition coefficient (Wildman–Crippen LogP) is 3.45. The highest BCUT2D eigenvalue weighted by atomic mass is 16.6. The summed E-state index contributed by atoms with van der Waals surface area (Å²) in [5.41, 5.74) is 1.46. The van der Waals surface area contributed by atoms with Crippen molar-refractivity contribution in [1.82, 2.24) is 4.98 Å². The van der Waals surface area contributed by atoms with Gasteiger partial charge in [0.05, 0.1) is 11.5 Å². The summed E-state index contributed by atoms with van der Waals surface area (Å²) in [5, 5.41) is 11.9. The van der Waals surface area contributed by atoms with Crippen molar-refractivity contribution in [2.24, 2.45) is 5.92 Å². The molecule has 112 valence electrons. The lowest BCUT2D eigenvalue weighted by Gasteiger charge is -2.05. The van der Waals surface area contributed by atoms with Gasteiger partial charge in [0, 0.05) is 11.5 Å². The van der Waals surface area contributed by atoms with Crippen LogP contribution in [0, 0.1) is 16.0 Å². The molecule has 0 saturated heterocycles. The third kappa shape index (κ3) is 3.21. The van der Waals surface area contributed by atoms with E-state index in [4.69, 9.17) is 4.74 Å². The highest BCUT2D eigenvalue weighted by Gasteiger charge is 2.19. The lowest BCUT2D eigenvalue weighted by Crippen LogP contribution is -2.04. The van der Waals surface area contributed by atoms with E-state index in [9.17, 15) is 14.9 Å². The van der Waals surface area contributed by atoms with E-state index in [0.29, 0.717) is 16.8 Å². The van der Waals surface area contributed by atoms with Crippen molar-refractivity contribution in [3.63, 3.8) is 0 Å². The molecule has 0 radical (unpaired) electrons. The zero-order chi connectivity index (χ0) is 15.6. The van der Waals surface area contributed by atoms with Crippen LogP contribution in [-0.4, -0.2) is 22.5 Å². The number of hydrogen-bond donors (Lipinski definition) is 1. The first-order valence-corrected chi connectivity index (χ1v) is 6.89. The second-order valence-corrected chi connectivity index (χ2v) is 5.34. The summed E-state index contributed by atoms with van der Waals surface area (Å²) in [6.07, 6.45) is 0.747. The number of nitrogens with zero attached hydrogens (tertiary/aromatic N) is 1. The van der Waals surface area contributed by atoms with E-state index in [1.54, 1.807) is 19.1 Å². The van der Waals surface area contributed by atoms with E-state index in [1.807, 2.05) is 6.07 Å². The summed E-state index contributed by atoms with van der Waals surface area (Å²) in [6.45, 7) is 6.08. The van der Waals surface area contributed by atoms with Crippen LogP contribution in [-0.2, 0) is 11.2 Å². The molecule has 21 heavy (non-hydrogen) atoms. The number of nitro groups is 1. The Morgan fingerprint density at radius 1 is 1.38 bits per heavy atom. The molecule has 6 nitrogen and oxygen atoms in total. The topological polar surface area (TPSA) is 85.2 Å². The number of non-ortho nitro benzene ring substituents is 1. The molecular formula is C15H18N2O4. The number of aromatic amines is 1. The Balaban J connectivity index is 2.55. The van der Waals surface area contributed by atoms with Crippen molar-refractivity contribution in [2.45, 2.75) is 27.2 Å². The summed E-state index contributed by atoms with van der Waals surface area (Å²) in [7, 11) is 0. The van der Waals surface area contributed by atoms with E-state index in [0.717, 1.165) is 12.0 Å². The summed E-state index contributed by atoms with van der Waals surface area (Å²) >= 11 is 0. The maximum Gasteiger partial charge on any atom is 0.354 e. The van der Waals surface area contributed by atoms with Crippen LogP contribution < -0.4 is 0 Å². The molecule has 1 N–H and O–H groups in total. The fraction of sp³-hybridized carbons (Fsp3) is 0.400. The molecule has 1 aromatic carbocycles. The Labute approximate surface area is 122 Å². The van der Waals surface area contributed by atoms with Gasteiger partial charge < -0.3 is 9.72 Å². The fourth-order valence-corrected chi connectivity index (χ4v) is 2.34. The van der Waals surface area contributed by atoms with Gasteiger partial charge in [0.2, 0.25) is 0 Å². The number of aromatic nitrogens is 1. The highest BCUT2D eigenvalue weighted by Crippen LogP contribution is 2.29. The lowest BCUT2D eigenvalue weighted by atomic mass is 10.0. The second-order valence-electron chi connectivity index (χ2n) is 5.34. The minimum atomic E-state index is -0.506. The fourth-order valence-electron chi connectivity index (χ4n) is 2.34. The normalized spacial score (nSPS) is 11.0. The van der Waals surface area contributed by atoms with Crippen LogP contribution in [0.3, 0.4) is 0 Å². The molecule has 0 bridgehead atoms. The molecule has 0 amide bonds. The minimum Gasteiger partial charge on any atom is -0.461 e. The number of rotatable bonds is 5. The molecule has 0 saturated carbocycles. The molecule has 0 aliphatic heterocycles. The molecule has 6 heteroatoms. The van der Waals surface area contributed by atoms with Crippen LogP contribution in [0.5, 0.6) is 0 Å². The van der Waals surface area contributed by atoms with Gasteiger partial charge in [0.15, 0.2) is 0 Å². The molecule has 0 atom stereocenters. The van der Waals surface area contributed by atoms with Gasteiger partial charge in [-0.25, -0.2) is 4.79 Å². The van der Waals surface area contributed by atoms with Gasteiger partial charge in [-0.05, 0) is 37.0 Å². The van der Waals surface area contributed by atoms with Crippen LogP contribution in [0.4, 0.5) is 5.69 Å². The molecule has 0 aliphatic carbocycles. The number of esters is 1. The van der Waals surface area contributed by atoms with Crippen molar-refractivity contribution in [3.05, 3.63) is 39.6 Å². The number of carbonyl (C=O) groups excluding carboxylic acids is 1. The van der Waals surface area contributed by atoms with Gasteiger partial charge in [-0.15, -0.1) is 0 Å². The molecule has 0 aliphatic rings. The number of ether oxygens (including phenoxy) is 1. The number of benzene rings is 1. The van der Waals surface area contributed by atoms with Crippen molar-refractivity contribution in [3.8, 4) is 0 Å². The first-order chi connectivity index (χ1) is 9.92. The Hall–Kier alpha value is -2.37. The Morgan fingerprint density at radius 3 is 2.67 bits per heavy atom. The Morgan fingerprint density at radius 2 is 2.10 bits per heavy atom. The van der Waals surface area contributed by atoms with Crippen molar-refractivity contribution in [1.29, 1.82) is 0 Å². The minimum absolute atomic E-state index is 0.0151. The van der Waals surface area contributed by atoms with E-state index in [2.05, 4.69) is 18.8 Å². The molecular weight excluding hydrogens is 272 g/mol. The average molecular weight is 290 g/mol. The predicted molar refractivity (Wildman–Crippen MR) is 79.5 cm³/mol. The largest absolute Gasteiger partial charge is 0.461 e. The van der Waals surface area contributed by atoms with Gasteiger partial charge in [-0.1, -0.05) is 13.8 Å². The number of nitro benzene ring substituents is 1. The number of fused-ring (bicyclic) bond motifs is 1. The summed E-state index contributed by atoms with van der Waals surface area (Å²) in [5.74, 6) is -0.112. The van der Waals surface area contributed by atoms with Crippen molar-refractivity contribution in [2.75, 3.05) is 6.61 Å². The molecule has 2 rings (SSSR count). The maximum absolute atomic E-state index is 11.7. The zero-order valence-electron chi connectivity index (χ0n) is 12.3. The first kappa shape index (κ1) is 15.0. The lowest BCUT2D eigenvalue weighted by molar-refractivity contribution is -0.383. The zero-order valence-corrected chi connectivity index (χ0v) is 12.3. The number of hydrogen-bond acceptors (Lipinski definition) is 4. The average Bonchev–Trinajstić information content (AvgIpc) is 2.80. The third-order valence-corrected chi connectivity index (χ3v) is 3.10. The molecule has 2 aromatic rings. The van der Waals surface area contributed by atoms with Crippen LogP contribution in [0.15, 0.2) is 18.2 Å². The van der Waals surface area contributed by atoms with Gasteiger partial charge >= 0.3 is 5.97 Å². The van der Waals surface area contributed by atoms with Crippen LogP contribution in [0.25, 0.3) is 10.9 Å². The smallest absolute Gasteiger partial charge is 0.354 e. The van der Waals surface area contributed by atoms with Crippen molar-refractivity contribution < 1.29 is 14.5 Å². The molecule has 0 unspecified atom stereocenters. The second kappa shape index (κ2) is 5.95. The van der Waals surface area contributed by atoms with E-state index < -0.39 is 10.9 Å². The first-order valence-electron chi connectivity index (χ1n) is 6.89. The van der Waals surface area contributed by atoms with Crippen LogP contribution in [0.2, 0.25) is 0 Å². The van der Waals surface area contributed by atoms with E-state index in [-0.39, 0.29) is 18.0 Å². The maximum atomic E-state index is 11.7. The van der Waals surface area contributed by atoms with E-state index in [1.165, 1.54) is 0 Å². The summed E-state index contributed by atoms with van der Waals surface area (Å²) in [6, 6.07) is 5.04.